The van der Waals surface area contributed by atoms with E-state index in [1.54, 1.807) is 0 Å². The van der Waals surface area contributed by atoms with Gasteiger partial charge in [-0.1, -0.05) is 190 Å². The van der Waals surface area contributed by atoms with Gasteiger partial charge in [-0.05, 0) is 102 Å². The molecule has 2 heterocycles. The molecule has 3 heteroatoms. The molecule has 0 unspecified atom stereocenters. The lowest BCUT2D eigenvalue weighted by molar-refractivity contribution is 0.661. The maximum atomic E-state index is 6.65. The molecule has 0 radical (unpaired) electrons. The number of hydrogen-bond donors (Lipinski definition) is 0. The van der Waals surface area contributed by atoms with Crippen LogP contribution in [0.15, 0.2) is 211 Å². The summed E-state index contributed by atoms with van der Waals surface area (Å²) in [5.41, 5.74) is 16.5. The summed E-state index contributed by atoms with van der Waals surface area (Å²) in [4.78, 5) is 10.7. The van der Waals surface area contributed by atoms with Crippen molar-refractivity contribution in [3.8, 4) is 67.3 Å². The van der Waals surface area contributed by atoms with E-state index in [1.807, 2.05) is 6.07 Å². The van der Waals surface area contributed by atoms with Crippen LogP contribution in [0.25, 0.3) is 122 Å². The fourth-order valence-corrected chi connectivity index (χ4v) is 10.6. The van der Waals surface area contributed by atoms with Gasteiger partial charge in [0.05, 0.1) is 11.4 Å². The largest absolute Gasteiger partial charge is 0.455 e. The highest BCUT2D eigenvalue weighted by Gasteiger charge is 2.37. The van der Waals surface area contributed by atoms with Crippen molar-refractivity contribution >= 4 is 54.3 Å². The Labute approximate surface area is 371 Å². The molecule has 0 bridgehead atoms. The molecule has 1 aliphatic rings. The SMILES string of the molecule is CC1(C)c2cc3ccccc3cc2-c2c(-c3ccc(-c4cc(-c5ccccc5-c5cccc6oc7c8ccccc8ccc7c56)nc(-c5ccccc5)n4)c4ccccc34)cccc21. The van der Waals surface area contributed by atoms with Gasteiger partial charge in [-0.3, -0.25) is 0 Å². The maximum Gasteiger partial charge on any atom is 0.160 e. The lowest BCUT2D eigenvalue weighted by atomic mass is 9.81. The third-order valence-corrected chi connectivity index (χ3v) is 13.7. The Hall–Kier alpha value is -8.14. The molecule has 2 aromatic heterocycles. The van der Waals surface area contributed by atoms with Crippen LogP contribution in [0.1, 0.15) is 25.0 Å². The minimum atomic E-state index is -0.132. The van der Waals surface area contributed by atoms with Crippen LogP contribution in [0.5, 0.6) is 0 Å². The molecule has 0 spiro atoms. The van der Waals surface area contributed by atoms with Crippen LogP contribution in [0.3, 0.4) is 0 Å². The highest BCUT2D eigenvalue weighted by atomic mass is 16.3. The zero-order chi connectivity index (χ0) is 42.5. The smallest absolute Gasteiger partial charge is 0.160 e. The highest BCUT2D eigenvalue weighted by molar-refractivity contribution is 6.20. The van der Waals surface area contributed by atoms with Gasteiger partial charge in [0.15, 0.2) is 5.82 Å². The molecule has 0 saturated carbocycles. The number of fused-ring (bicyclic) bond motifs is 10. The summed E-state index contributed by atoms with van der Waals surface area (Å²) in [5, 5.41) is 9.35. The molecule has 0 saturated heterocycles. The minimum Gasteiger partial charge on any atom is -0.455 e. The molecule has 1 aliphatic carbocycles. The summed E-state index contributed by atoms with van der Waals surface area (Å²) in [6.07, 6.45) is 0. The summed E-state index contributed by atoms with van der Waals surface area (Å²) in [6.45, 7) is 4.73. The Balaban J connectivity index is 1.01. The molecule has 0 aliphatic heterocycles. The van der Waals surface area contributed by atoms with E-state index < -0.39 is 0 Å². The van der Waals surface area contributed by atoms with Gasteiger partial charge in [0.2, 0.25) is 0 Å². The molecule has 0 fully saturated rings. The predicted octanol–water partition coefficient (Wildman–Crippen LogP) is 16.5. The lowest BCUT2D eigenvalue weighted by Gasteiger charge is -2.22. The van der Waals surface area contributed by atoms with E-state index in [9.17, 15) is 0 Å². The van der Waals surface area contributed by atoms with E-state index in [-0.39, 0.29) is 5.41 Å². The van der Waals surface area contributed by atoms with E-state index >= 15 is 0 Å². The van der Waals surface area contributed by atoms with Gasteiger partial charge in [-0.15, -0.1) is 0 Å². The number of furan rings is 1. The third kappa shape index (κ3) is 5.47. The predicted molar refractivity (Wildman–Crippen MR) is 267 cm³/mol. The Morgan fingerprint density at radius 3 is 1.80 bits per heavy atom. The summed E-state index contributed by atoms with van der Waals surface area (Å²) < 4.78 is 6.65. The summed E-state index contributed by atoms with van der Waals surface area (Å²) >= 11 is 0. The van der Waals surface area contributed by atoms with Crippen molar-refractivity contribution < 1.29 is 4.42 Å². The van der Waals surface area contributed by atoms with Crippen LogP contribution in [0.4, 0.5) is 0 Å². The van der Waals surface area contributed by atoms with Crippen molar-refractivity contribution in [1.29, 1.82) is 0 Å². The molecule has 12 aromatic rings. The molecule has 0 N–H and O–H groups in total. The zero-order valence-corrected chi connectivity index (χ0v) is 35.4. The first kappa shape index (κ1) is 36.5. The molecule has 0 amide bonds. The zero-order valence-electron chi connectivity index (χ0n) is 35.4. The molecule has 13 rings (SSSR count). The molecule has 0 atom stereocenters. The first-order chi connectivity index (χ1) is 31.5. The second-order valence-electron chi connectivity index (χ2n) is 17.6. The Morgan fingerprint density at radius 1 is 0.375 bits per heavy atom. The van der Waals surface area contributed by atoms with Crippen LogP contribution in [-0.4, -0.2) is 9.97 Å². The quantitative estimate of drug-likeness (QED) is 0.174. The third-order valence-electron chi connectivity index (χ3n) is 13.7. The molecular weight excluding hydrogens is 777 g/mol. The molecular formula is C61H40N2O. The number of nitrogens with zero attached hydrogens (tertiary/aromatic N) is 2. The van der Waals surface area contributed by atoms with Gasteiger partial charge in [0, 0.05) is 38.3 Å². The van der Waals surface area contributed by atoms with Crippen LogP contribution in [-0.2, 0) is 5.41 Å². The van der Waals surface area contributed by atoms with Gasteiger partial charge < -0.3 is 4.42 Å². The van der Waals surface area contributed by atoms with Gasteiger partial charge in [-0.25, -0.2) is 9.97 Å². The first-order valence-electron chi connectivity index (χ1n) is 22.1. The first-order valence-corrected chi connectivity index (χ1v) is 22.1. The fourth-order valence-electron chi connectivity index (χ4n) is 10.6. The lowest BCUT2D eigenvalue weighted by Crippen LogP contribution is -2.14. The van der Waals surface area contributed by atoms with E-state index in [4.69, 9.17) is 14.4 Å². The number of benzene rings is 10. The average molecular weight is 817 g/mol. The topological polar surface area (TPSA) is 38.9 Å². The highest BCUT2D eigenvalue weighted by Crippen LogP contribution is 2.54. The van der Waals surface area contributed by atoms with Crippen LogP contribution in [0.2, 0.25) is 0 Å². The molecule has 300 valence electrons. The van der Waals surface area contributed by atoms with Gasteiger partial charge in [0.1, 0.15) is 11.2 Å². The van der Waals surface area contributed by atoms with E-state index in [1.165, 1.54) is 49.5 Å². The summed E-state index contributed by atoms with van der Waals surface area (Å²) in [7, 11) is 0. The Bertz CT molecular complexity index is 3880. The summed E-state index contributed by atoms with van der Waals surface area (Å²) in [5.74, 6) is 0.682. The Kier molecular flexibility index (Phi) is 7.95. The normalized spacial score (nSPS) is 13.0. The maximum absolute atomic E-state index is 6.65. The van der Waals surface area contributed by atoms with E-state index in [2.05, 4.69) is 214 Å². The van der Waals surface area contributed by atoms with E-state index in [0.29, 0.717) is 5.82 Å². The molecule has 10 aromatic carbocycles. The Morgan fingerprint density at radius 2 is 0.984 bits per heavy atom. The van der Waals surface area contributed by atoms with Crippen molar-refractivity contribution in [3.05, 3.63) is 217 Å². The number of hydrogen-bond acceptors (Lipinski definition) is 3. The van der Waals surface area contributed by atoms with E-state index in [0.717, 1.165) is 77.3 Å². The van der Waals surface area contributed by atoms with Crippen LogP contribution < -0.4 is 0 Å². The minimum absolute atomic E-state index is 0.132. The van der Waals surface area contributed by atoms with Gasteiger partial charge in [0.25, 0.3) is 0 Å². The monoisotopic (exact) mass is 816 g/mol. The van der Waals surface area contributed by atoms with Crippen molar-refractivity contribution in [3.63, 3.8) is 0 Å². The second kappa shape index (κ2) is 13.9. The molecule has 64 heavy (non-hydrogen) atoms. The molecule has 3 nitrogen and oxygen atoms in total. The standard InChI is InChI=1S/C61H40N2O/c1-61(2)52-28-14-26-48(57(52)51-34-39-19-6-7-20-40(39)35-53(51)61)45-32-33-47(43-23-11-10-22-42(43)45)55-36-54(62-60(63-55)38-17-4-3-5-18-38)46-25-13-12-24-44(46)49-27-15-29-56-58(49)50-31-30-37-16-8-9-21-41(37)59(50)64-56/h3-36H,1-2H3. The van der Waals surface area contributed by atoms with Crippen LogP contribution >= 0.6 is 0 Å². The average Bonchev–Trinajstić information content (AvgIpc) is 3.85. The van der Waals surface area contributed by atoms with Crippen molar-refractivity contribution in [2.45, 2.75) is 19.3 Å². The van der Waals surface area contributed by atoms with Gasteiger partial charge in [-0.2, -0.15) is 0 Å². The van der Waals surface area contributed by atoms with Crippen molar-refractivity contribution in [2.75, 3.05) is 0 Å². The fraction of sp³-hybridized carbons (Fsp3) is 0.0492. The second-order valence-corrected chi connectivity index (χ2v) is 17.6. The number of rotatable bonds is 5. The van der Waals surface area contributed by atoms with Crippen molar-refractivity contribution in [2.24, 2.45) is 0 Å². The number of aromatic nitrogens is 2. The van der Waals surface area contributed by atoms with Crippen LogP contribution in [0, 0.1) is 0 Å². The summed E-state index contributed by atoms with van der Waals surface area (Å²) in [6, 6.07) is 74.1. The van der Waals surface area contributed by atoms with Crippen molar-refractivity contribution in [1.82, 2.24) is 9.97 Å². The van der Waals surface area contributed by atoms with Gasteiger partial charge >= 0.3 is 0 Å².